The molecule has 1 saturated heterocycles. The Morgan fingerprint density at radius 1 is 1.24 bits per heavy atom. The first kappa shape index (κ1) is 20.6. The number of amides is 1. The minimum Gasteiger partial charge on any atom is -0.379 e. The minimum absolute atomic E-state index is 0. The summed E-state index contributed by atoms with van der Waals surface area (Å²) in [7, 11) is -3.66. The van der Waals surface area contributed by atoms with Crippen LogP contribution in [0, 0.1) is 0 Å². The third-order valence-corrected chi connectivity index (χ3v) is 7.51. The molecule has 1 saturated carbocycles. The van der Waals surface area contributed by atoms with Gasteiger partial charge in [0.25, 0.3) is 5.91 Å². The van der Waals surface area contributed by atoms with Gasteiger partial charge in [0, 0.05) is 25.2 Å². The first-order valence-corrected chi connectivity index (χ1v) is 10.5. The fraction of sp³-hybridized carbons (Fsp3) is 0.667. The van der Waals surface area contributed by atoms with Crippen molar-refractivity contribution in [1.82, 2.24) is 9.62 Å². The number of nitrogens with two attached hydrogens (primary N) is 1. The predicted octanol–water partition coefficient (Wildman–Crippen LogP) is 1.19. The van der Waals surface area contributed by atoms with E-state index in [4.69, 9.17) is 10.5 Å². The van der Waals surface area contributed by atoms with Gasteiger partial charge in [-0.1, -0.05) is 0 Å². The number of hydrogen-bond acceptors (Lipinski definition) is 6. The highest BCUT2D eigenvalue weighted by atomic mass is 35.5. The SMILES string of the molecule is Cl.NC1CCC(NC(=O)c2sccc2S(=O)(=O)N2CCOCC2)CC1. The maximum Gasteiger partial charge on any atom is 0.262 e. The number of carbonyl (C=O) groups excluding carboxylic acids is 1. The van der Waals surface area contributed by atoms with Gasteiger partial charge in [-0.3, -0.25) is 4.79 Å². The van der Waals surface area contributed by atoms with Crippen LogP contribution in [0.15, 0.2) is 16.3 Å². The second-order valence-electron chi connectivity index (χ2n) is 6.22. The van der Waals surface area contributed by atoms with Crippen LogP contribution < -0.4 is 11.1 Å². The van der Waals surface area contributed by atoms with Gasteiger partial charge in [0.2, 0.25) is 10.0 Å². The number of hydrogen-bond donors (Lipinski definition) is 2. The van der Waals surface area contributed by atoms with Crippen molar-refractivity contribution in [3.05, 3.63) is 16.3 Å². The van der Waals surface area contributed by atoms with Crippen LogP contribution >= 0.6 is 23.7 Å². The molecule has 1 aromatic heterocycles. The van der Waals surface area contributed by atoms with Crippen molar-refractivity contribution in [3.63, 3.8) is 0 Å². The lowest BCUT2D eigenvalue weighted by atomic mass is 9.92. The maximum atomic E-state index is 12.8. The van der Waals surface area contributed by atoms with Gasteiger partial charge < -0.3 is 15.8 Å². The number of thiophene rings is 1. The fourth-order valence-corrected chi connectivity index (χ4v) is 5.82. The molecular formula is C15H24ClN3O4S2. The topological polar surface area (TPSA) is 102 Å². The summed E-state index contributed by atoms with van der Waals surface area (Å²) in [5.74, 6) is -0.308. The van der Waals surface area contributed by atoms with Gasteiger partial charge in [0.05, 0.1) is 13.2 Å². The largest absolute Gasteiger partial charge is 0.379 e. The number of morpholine rings is 1. The zero-order valence-corrected chi connectivity index (χ0v) is 16.3. The van der Waals surface area contributed by atoms with Crippen LogP contribution in [0.4, 0.5) is 0 Å². The third-order valence-electron chi connectivity index (χ3n) is 4.53. The molecule has 2 heterocycles. The number of halogens is 1. The number of nitrogens with zero attached hydrogens (tertiary/aromatic N) is 1. The van der Waals surface area contributed by atoms with Gasteiger partial charge >= 0.3 is 0 Å². The lowest BCUT2D eigenvalue weighted by Gasteiger charge is -2.27. The molecule has 1 aliphatic carbocycles. The number of nitrogens with one attached hydrogen (secondary N) is 1. The Morgan fingerprint density at radius 2 is 1.88 bits per heavy atom. The molecule has 0 atom stereocenters. The predicted molar refractivity (Wildman–Crippen MR) is 98.8 cm³/mol. The van der Waals surface area contributed by atoms with Gasteiger partial charge in [-0.05, 0) is 37.1 Å². The second-order valence-corrected chi connectivity index (χ2v) is 9.04. The Bertz CT molecular complexity index is 681. The van der Waals surface area contributed by atoms with Crippen molar-refractivity contribution >= 4 is 39.7 Å². The van der Waals surface area contributed by atoms with Gasteiger partial charge in [0.1, 0.15) is 9.77 Å². The molecule has 2 aliphatic rings. The molecule has 0 spiro atoms. The molecule has 3 rings (SSSR count). The maximum absolute atomic E-state index is 12.8. The van der Waals surface area contributed by atoms with Gasteiger partial charge in [0.15, 0.2) is 0 Å². The van der Waals surface area contributed by atoms with Crippen molar-refractivity contribution in [2.45, 2.75) is 42.7 Å². The number of rotatable bonds is 4. The van der Waals surface area contributed by atoms with E-state index in [2.05, 4.69) is 5.32 Å². The molecule has 0 radical (unpaired) electrons. The Balaban J connectivity index is 0.00000225. The van der Waals surface area contributed by atoms with Crippen LogP contribution in [0.2, 0.25) is 0 Å². The van der Waals surface area contributed by atoms with E-state index in [1.165, 1.54) is 10.4 Å². The van der Waals surface area contributed by atoms with E-state index in [0.717, 1.165) is 37.0 Å². The molecule has 0 unspecified atom stereocenters. The van der Waals surface area contributed by atoms with E-state index in [1.807, 2.05) is 0 Å². The summed E-state index contributed by atoms with van der Waals surface area (Å²) in [6.45, 7) is 1.40. The summed E-state index contributed by atoms with van der Waals surface area (Å²) < 4.78 is 32.2. The smallest absolute Gasteiger partial charge is 0.262 e. The molecule has 0 aromatic carbocycles. The highest BCUT2D eigenvalue weighted by Gasteiger charge is 2.32. The summed E-state index contributed by atoms with van der Waals surface area (Å²) in [6, 6.07) is 1.79. The van der Waals surface area contributed by atoms with Crippen molar-refractivity contribution in [2.75, 3.05) is 26.3 Å². The van der Waals surface area contributed by atoms with Crippen molar-refractivity contribution in [3.8, 4) is 0 Å². The lowest BCUT2D eigenvalue weighted by Crippen LogP contribution is -2.42. The van der Waals surface area contributed by atoms with E-state index in [1.54, 1.807) is 5.38 Å². The highest BCUT2D eigenvalue weighted by molar-refractivity contribution is 7.89. The summed E-state index contributed by atoms with van der Waals surface area (Å²) >= 11 is 1.16. The van der Waals surface area contributed by atoms with Crippen LogP contribution in [0.1, 0.15) is 35.4 Å². The average Bonchev–Trinajstić information content (AvgIpc) is 3.08. The molecule has 25 heavy (non-hydrogen) atoms. The van der Waals surface area contributed by atoms with Gasteiger partial charge in [-0.15, -0.1) is 23.7 Å². The molecule has 0 bridgehead atoms. The Hall–Kier alpha value is -0.710. The number of ether oxygens (including phenoxy) is 1. The molecule has 1 aromatic rings. The van der Waals surface area contributed by atoms with E-state index >= 15 is 0 Å². The monoisotopic (exact) mass is 409 g/mol. The summed E-state index contributed by atoms with van der Waals surface area (Å²) in [5, 5.41) is 4.62. The first-order valence-electron chi connectivity index (χ1n) is 8.20. The van der Waals surface area contributed by atoms with Gasteiger partial charge in [-0.25, -0.2) is 8.42 Å². The lowest BCUT2D eigenvalue weighted by molar-refractivity contribution is 0.0730. The molecule has 1 amide bonds. The third kappa shape index (κ3) is 4.72. The van der Waals surface area contributed by atoms with E-state index in [0.29, 0.717) is 26.3 Å². The minimum atomic E-state index is -3.66. The van der Waals surface area contributed by atoms with Crippen LogP contribution in [0.5, 0.6) is 0 Å². The van der Waals surface area contributed by atoms with Crippen LogP contribution in [-0.2, 0) is 14.8 Å². The van der Waals surface area contributed by atoms with E-state index < -0.39 is 10.0 Å². The normalized spacial score (nSPS) is 25.2. The Morgan fingerprint density at radius 3 is 2.52 bits per heavy atom. The van der Waals surface area contributed by atoms with Crippen molar-refractivity contribution in [1.29, 1.82) is 0 Å². The number of carbonyl (C=O) groups is 1. The Labute approximate surface area is 158 Å². The Kier molecular flexibility index (Phi) is 7.24. The van der Waals surface area contributed by atoms with Crippen molar-refractivity contribution in [2.24, 2.45) is 5.73 Å². The molecule has 7 nitrogen and oxygen atoms in total. The molecule has 142 valence electrons. The van der Waals surface area contributed by atoms with Gasteiger partial charge in [-0.2, -0.15) is 4.31 Å². The molecule has 10 heteroatoms. The standard InChI is InChI=1S/C15H23N3O4S2.ClH/c16-11-1-3-12(4-2-11)17-15(19)14-13(5-10-23-14)24(20,21)18-6-8-22-9-7-18;/h5,10-12H,1-4,6-9,16H2,(H,17,19);1H. The summed E-state index contributed by atoms with van der Waals surface area (Å²) in [5.41, 5.74) is 5.88. The van der Waals surface area contributed by atoms with Crippen LogP contribution in [0.3, 0.4) is 0 Å². The van der Waals surface area contributed by atoms with E-state index in [-0.39, 0.29) is 40.2 Å². The average molecular weight is 410 g/mol. The van der Waals surface area contributed by atoms with Crippen molar-refractivity contribution < 1.29 is 17.9 Å². The van der Waals surface area contributed by atoms with E-state index in [9.17, 15) is 13.2 Å². The zero-order chi connectivity index (χ0) is 17.2. The summed E-state index contributed by atoms with van der Waals surface area (Å²) in [6.07, 6.45) is 3.44. The molecule has 3 N–H and O–H groups in total. The summed E-state index contributed by atoms with van der Waals surface area (Å²) in [4.78, 5) is 12.9. The van der Waals surface area contributed by atoms with Crippen LogP contribution in [0.25, 0.3) is 0 Å². The van der Waals surface area contributed by atoms with Crippen LogP contribution in [-0.4, -0.2) is 57.0 Å². The quantitative estimate of drug-likeness (QED) is 0.777. The molecular weight excluding hydrogens is 386 g/mol. The molecule has 2 fully saturated rings. The number of sulfonamides is 1. The zero-order valence-electron chi connectivity index (χ0n) is 13.8. The second kappa shape index (κ2) is 8.79. The highest BCUT2D eigenvalue weighted by Crippen LogP contribution is 2.26. The molecule has 1 aliphatic heterocycles. The first-order chi connectivity index (χ1) is 11.5. The fourth-order valence-electron chi connectivity index (χ4n) is 3.11.